The number of esters is 1. The van der Waals surface area contributed by atoms with Crippen molar-refractivity contribution in [2.45, 2.75) is 39.0 Å². The molecular weight excluding hydrogens is 370 g/mol. The molecule has 0 saturated heterocycles. The monoisotopic (exact) mass is 397 g/mol. The molecule has 0 heterocycles. The second kappa shape index (κ2) is 11.6. The van der Waals surface area contributed by atoms with Gasteiger partial charge in [0, 0.05) is 17.7 Å². The van der Waals surface area contributed by atoms with Gasteiger partial charge in [0.1, 0.15) is 5.75 Å². The zero-order chi connectivity index (χ0) is 21.1. The van der Waals surface area contributed by atoms with Crippen molar-refractivity contribution < 1.29 is 23.9 Å². The molecule has 0 spiro atoms. The number of unbranched alkanes of at least 4 members (excludes halogenated alkanes) is 2. The molecule has 0 aliphatic heterocycles. The molecule has 0 saturated carbocycles. The Morgan fingerprint density at radius 3 is 2.24 bits per heavy atom. The van der Waals surface area contributed by atoms with Crippen LogP contribution < -0.4 is 10.1 Å². The molecule has 0 aliphatic carbocycles. The summed E-state index contributed by atoms with van der Waals surface area (Å²) < 4.78 is 10.1. The number of rotatable bonds is 11. The number of ketones is 1. The maximum absolute atomic E-state index is 12.2. The van der Waals surface area contributed by atoms with Crippen molar-refractivity contribution in [3.05, 3.63) is 59.7 Å². The van der Waals surface area contributed by atoms with Gasteiger partial charge in [-0.2, -0.15) is 0 Å². The Hall–Kier alpha value is -3.15. The van der Waals surface area contributed by atoms with Crippen molar-refractivity contribution in [1.29, 1.82) is 0 Å². The van der Waals surface area contributed by atoms with Gasteiger partial charge < -0.3 is 14.8 Å². The van der Waals surface area contributed by atoms with Crippen LogP contribution in [0.2, 0.25) is 0 Å². The summed E-state index contributed by atoms with van der Waals surface area (Å²) in [6, 6.07) is 13.6. The zero-order valence-electron chi connectivity index (χ0n) is 16.9. The van der Waals surface area contributed by atoms with Crippen LogP contribution in [0, 0.1) is 0 Å². The minimum absolute atomic E-state index is 0.0370. The molecule has 0 aliphatic rings. The fourth-order valence-electron chi connectivity index (χ4n) is 2.69. The van der Waals surface area contributed by atoms with E-state index in [1.54, 1.807) is 55.6 Å². The summed E-state index contributed by atoms with van der Waals surface area (Å²) in [6.45, 7) is 1.77. The zero-order valence-corrected chi connectivity index (χ0v) is 16.9. The van der Waals surface area contributed by atoms with E-state index in [-0.39, 0.29) is 24.7 Å². The lowest BCUT2D eigenvalue weighted by atomic mass is 10.1. The van der Waals surface area contributed by atoms with E-state index in [0.29, 0.717) is 23.4 Å². The first-order valence-electron chi connectivity index (χ1n) is 9.73. The van der Waals surface area contributed by atoms with Crippen LogP contribution >= 0.6 is 0 Å². The molecule has 29 heavy (non-hydrogen) atoms. The summed E-state index contributed by atoms with van der Waals surface area (Å²) in [5, 5.41) is 2.81. The summed E-state index contributed by atoms with van der Waals surface area (Å²) in [7, 11) is 1.57. The van der Waals surface area contributed by atoms with Crippen molar-refractivity contribution in [3.8, 4) is 5.75 Å². The van der Waals surface area contributed by atoms with Crippen LogP contribution in [-0.2, 0) is 20.7 Å². The Morgan fingerprint density at radius 1 is 0.931 bits per heavy atom. The lowest BCUT2D eigenvalue weighted by Crippen LogP contribution is -2.16. The highest BCUT2D eigenvalue weighted by molar-refractivity contribution is 5.98. The largest absolute Gasteiger partial charge is 0.497 e. The third-order valence-corrected chi connectivity index (χ3v) is 4.37. The molecule has 2 aromatic carbocycles. The van der Waals surface area contributed by atoms with Crippen molar-refractivity contribution in [2.24, 2.45) is 0 Å². The quantitative estimate of drug-likeness (QED) is 0.349. The third kappa shape index (κ3) is 7.78. The van der Waals surface area contributed by atoms with Crippen molar-refractivity contribution in [2.75, 3.05) is 19.0 Å². The smallest absolute Gasteiger partial charge is 0.310 e. The van der Waals surface area contributed by atoms with Gasteiger partial charge in [0.2, 0.25) is 5.91 Å². The first-order valence-corrected chi connectivity index (χ1v) is 9.73. The molecule has 1 N–H and O–H groups in total. The normalized spacial score (nSPS) is 10.3. The molecule has 1 amide bonds. The molecule has 154 valence electrons. The minimum Gasteiger partial charge on any atom is -0.497 e. The Kier molecular flexibility index (Phi) is 8.89. The number of benzene rings is 2. The summed E-state index contributed by atoms with van der Waals surface area (Å²) in [5.41, 5.74) is 1.84. The first kappa shape index (κ1) is 22.1. The Labute approximate surface area is 171 Å². The van der Waals surface area contributed by atoms with Gasteiger partial charge in [0.05, 0.1) is 13.5 Å². The molecule has 6 heteroatoms. The SMILES string of the molecule is CCCCCC(=O)Nc1ccc(C(=O)COC(=O)Cc2ccc(OC)cc2)cc1. The standard InChI is InChI=1S/C23H27NO5/c1-3-4-5-6-22(26)24-19-11-9-18(10-12-19)21(25)16-29-23(27)15-17-7-13-20(28-2)14-8-17/h7-14H,3-6,15-16H2,1-2H3,(H,24,26). The van der Waals surface area contributed by atoms with Crippen LogP contribution in [0.1, 0.15) is 48.5 Å². The van der Waals surface area contributed by atoms with Crippen LogP contribution in [0.4, 0.5) is 5.69 Å². The highest BCUT2D eigenvalue weighted by Gasteiger charge is 2.11. The molecule has 2 rings (SSSR count). The first-order chi connectivity index (χ1) is 14.0. The average molecular weight is 397 g/mol. The van der Waals surface area contributed by atoms with Crippen molar-refractivity contribution in [1.82, 2.24) is 0 Å². The van der Waals surface area contributed by atoms with E-state index in [2.05, 4.69) is 12.2 Å². The third-order valence-electron chi connectivity index (χ3n) is 4.37. The predicted octanol–water partition coefficient (Wildman–Crippen LogP) is 4.18. The van der Waals surface area contributed by atoms with Crippen LogP contribution in [0.5, 0.6) is 5.75 Å². The number of carbonyl (C=O) groups excluding carboxylic acids is 3. The van der Waals surface area contributed by atoms with Crippen molar-refractivity contribution >= 4 is 23.3 Å². The van der Waals surface area contributed by atoms with Gasteiger partial charge >= 0.3 is 5.97 Å². The number of Topliss-reactive ketones (excluding diaryl/α,β-unsaturated/α-hetero) is 1. The molecule has 2 aromatic rings. The van der Waals surface area contributed by atoms with Crippen LogP contribution in [0.25, 0.3) is 0 Å². The second-order valence-corrected chi connectivity index (χ2v) is 6.69. The minimum atomic E-state index is -0.473. The predicted molar refractivity (Wildman–Crippen MR) is 111 cm³/mol. The highest BCUT2D eigenvalue weighted by Crippen LogP contribution is 2.13. The van der Waals surface area contributed by atoms with Gasteiger partial charge in [-0.25, -0.2) is 0 Å². The van der Waals surface area contributed by atoms with Crippen molar-refractivity contribution in [3.63, 3.8) is 0 Å². The van der Waals surface area contributed by atoms with E-state index in [0.717, 1.165) is 24.8 Å². The molecule has 0 fully saturated rings. The number of amides is 1. The van der Waals surface area contributed by atoms with Gasteiger partial charge in [-0.1, -0.05) is 31.9 Å². The maximum atomic E-state index is 12.2. The number of methoxy groups -OCH3 is 1. The number of nitrogens with one attached hydrogen (secondary N) is 1. The fourth-order valence-corrected chi connectivity index (χ4v) is 2.69. The number of hydrogen-bond donors (Lipinski definition) is 1. The molecule has 0 aromatic heterocycles. The summed E-state index contributed by atoms with van der Waals surface area (Å²) >= 11 is 0. The van der Waals surface area contributed by atoms with Crippen LogP contribution in [-0.4, -0.2) is 31.4 Å². The van der Waals surface area contributed by atoms with E-state index in [1.165, 1.54) is 0 Å². The maximum Gasteiger partial charge on any atom is 0.310 e. The average Bonchev–Trinajstić information content (AvgIpc) is 2.73. The topological polar surface area (TPSA) is 81.7 Å². The van der Waals surface area contributed by atoms with E-state index in [9.17, 15) is 14.4 Å². The second-order valence-electron chi connectivity index (χ2n) is 6.69. The lowest BCUT2D eigenvalue weighted by Gasteiger charge is -2.07. The molecular formula is C23H27NO5. The van der Waals surface area contributed by atoms with Crippen LogP contribution in [0.3, 0.4) is 0 Å². The number of ether oxygens (including phenoxy) is 2. The van der Waals surface area contributed by atoms with Gasteiger partial charge in [0.25, 0.3) is 0 Å². The van der Waals surface area contributed by atoms with E-state index < -0.39 is 5.97 Å². The highest BCUT2D eigenvalue weighted by atomic mass is 16.5. The number of hydrogen-bond acceptors (Lipinski definition) is 5. The Bertz CT molecular complexity index is 812. The molecule has 0 bridgehead atoms. The molecule has 0 radical (unpaired) electrons. The van der Waals surface area contributed by atoms with E-state index in [1.807, 2.05) is 0 Å². The lowest BCUT2D eigenvalue weighted by molar-refractivity contribution is -0.141. The van der Waals surface area contributed by atoms with Gasteiger partial charge in [-0.05, 0) is 48.4 Å². The Balaban J connectivity index is 1.78. The van der Waals surface area contributed by atoms with Gasteiger partial charge in [-0.15, -0.1) is 0 Å². The van der Waals surface area contributed by atoms with E-state index >= 15 is 0 Å². The van der Waals surface area contributed by atoms with Gasteiger partial charge in [-0.3, -0.25) is 14.4 Å². The number of anilines is 1. The van der Waals surface area contributed by atoms with E-state index in [4.69, 9.17) is 9.47 Å². The summed E-state index contributed by atoms with van der Waals surface area (Å²) in [4.78, 5) is 36.0. The van der Waals surface area contributed by atoms with Gasteiger partial charge in [0.15, 0.2) is 12.4 Å². The summed E-state index contributed by atoms with van der Waals surface area (Å²) in [5.74, 6) is -0.101. The molecule has 0 atom stereocenters. The number of carbonyl (C=O) groups is 3. The molecule has 0 unspecified atom stereocenters. The summed E-state index contributed by atoms with van der Waals surface area (Å²) in [6.07, 6.45) is 3.52. The Morgan fingerprint density at radius 2 is 1.62 bits per heavy atom. The van der Waals surface area contributed by atoms with Crippen LogP contribution in [0.15, 0.2) is 48.5 Å². The fraction of sp³-hybridized carbons (Fsp3) is 0.348. The molecule has 6 nitrogen and oxygen atoms in total.